The number of hydrogen-bond donors (Lipinski definition) is 1. The van der Waals surface area contributed by atoms with Crippen molar-refractivity contribution in [3.8, 4) is 39.5 Å². The van der Waals surface area contributed by atoms with Gasteiger partial charge in [0.05, 0.1) is 13.7 Å². The molecule has 0 unspecified atom stereocenters. The number of hydrogen-bond acceptors (Lipinski definition) is 3. The van der Waals surface area contributed by atoms with E-state index in [4.69, 9.17) is 9.47 Å². The lowest BCUT2D eigenvalue weighted by Crippen LogP contribution is -2.17. The Morgan fingerprint density at radius 3 is 1.92 bits per heavy atom. The lowest BCUT2D eigenvalue weighted by atomic mass is 9.99. The summed E-state index contributed by atoms with van der Waals surface area (Å²) in [6, 6.07) is 12.2. The van der Waals surface area contributed by atoms with Crippen LogP contribution in [-0.4, -0.2) is 18.8 Å². The van der Waals surface area contributed by atoms with E-state index in [9.17, 15) is 35.8 Å². The van der Waals surface area contributed by atoms with Crippen molar-refractivity contribution in [2.75, 3.05) is 13.7 Å². The Morgan fingerprint density at radius 2 is 1.26 bits per heavy atom. The highest BCUT2D eigenvalue weighted by atomic mass is 19.3. The molecule has 38 heavy (non-hydrogen) atoms. The van der Waals surface area contributed by atoms with Gasteiger partial charge in [-0.05, 0) is 47.5 Å². The van der Waals surface area contributed by atoms with Crippen molar-refractivity contribution in [3.05, 3.63) is 101 Å². The first-order valence-electron chi connectivity index (χ1n) is 11.1. The second-order valence-corrected chi connectivity index (χ2v) is 8.23. The van der Waals surface area contributed by atoms with Gasteiger partial charge in [-0.3, -0.25) is 0 Å². The van der Waals surface area contributed by atoms with E-state index in [0.29, 0.717) is 0 Å². The first kappa shape index (κ1) is 26.8. The normalized spacial score (nSPS) is 11.5. The Balaban J connectivity index is 1.43. The topological polar surface area (TPSA) is 38.7 Å². The summed E-state index contributed by atoms with van der Waals surface area (Å²) in [5.41, 5.74) is -0.748. The number of rotatable bonds is 8. The molecular weight excluding hydrogens is 517 g/mol. The number of alkyl halides is 2. The molecular formula is C28H19F7O3. The molecule has 4 rings (SSSR count). The number of halogens is 7. The van der Waals surface area contributed by atoms with Crippen LogP contribution in [0.1, 0.15) is 12.0 Å². The van der Waals surface area contributed by atoms with Crippen LogP contribution in [0.15, 0.2) is 66.7 Å². The molecule has 0 atom stereocenters. The zero-order valence-corrected chi connectivity index (χ0v) is 19.7. The predicted molar refractivity (Wildman–Crippen MR) is 126 cm³/mol. The molecule has 4 aromatic rings. The van der Waals surface area contributed by atoms with Crippen molar-refractivity contribution in [2.24, 2.45) is 0 Å². The number of phenols is 1. The zero-order chi connectivity index (χ0) is 27.6. The van der Waals surface area contributed by atoms with E-state index >= 15 is 0 Å². The fourth-order valence-electron chi connectivity index (χ4n) is 3.79. The lowest BCUT2D eigenvalue weighted by molar-refractivity contribution is -0.0245. The number of ether oxygens (including phenoxy) is 2. The second-order valence-electron chi connectivity index (χ2n) is 8.23. The SMILES string of the molecule is COc1ccc(-c2ccc(OCCC(F)(F)c3ccc(-c4ccc(O)c(F)c4F)cc3)c(F)c2)c(F)c1F. The summed E-state index contributed by atoms with van der Waals surface area (Å²) in [5, 5.41) is 9.23. The molecule has 4 aromatic carbocycles. The van der Waals surface area contributed by atoms with Crippen molar-refractivity contribution in [1.82, 2.24) is 0 Å². The molecule has 1 N–H and O–H groups in total. The maximum Gasteiger partial charge on any atom is 0.276 e. The van der Waals surface area contributed by atoms with Crippen LogP contribution in [0.5, 0.6) is 17.2 Å². The molecule has 0 aliphatic heterocycles. The Morgan fingerprint density at radius 1 is 0.684 bits per heavy atom. The first-order chi connectivity index (χ1) is 18.0. The van der Waals surface area contributed by atoms with Crippen molar-refractivity contribution < 1.29 is 45.3 Å². The summed E-state index contributed by atoms with van der Waals surface area (Å²) in [4.78, 5) is 0. The van der Waals surface area contributed by atoms with Gasteiger partial charge < -0.3 is 14.6 Å². The zero-order valence-electron chi connectivity index (χ0n) is 19.7. The summed E-state index contributed by atoms with van der Waals surface area (Å²) in [6.45, 7) is -0.589. The Hall–Kier alpha value is -4.21. The van der Waals surface area contributed by atoms with E-state index in [-0.39, 0.29) is 33.8 Å². The van der Waals surface area contributed by atoms with Gasteiger partial charge in [-0.1, -0.05) is 30.3 Å². The van der Waals surface area contributed by atoms with Gasteiger partial charge in [-0.2, -0.15) is 8.78 Å². The summed E-state index contributed by atoms with van der Waals surface area (Å²) in [6.07, 6.45) is -0.839. The minimum Gasteiger partial charge on any atom is -0.505 e. The number of aromatic hydroxyl groups is 1. The predicted octanol–water partition coefficient (Wildman–Crippen LogP) is 7.99. The molecule has 198 valence electrons. The third-order valence-corrected chi connectivity index (χ3v) is 5.86. The standard InChI is InChI=1S/C28H19F7O3/c1-37-23-11-8-19(25(31)27(23)33)16-4-10-22(20(29)14-16)38-13-12-28(34,35)17-5-2-15(3-6-17)18-7-9-21(36)26(32)24(18)30/h2-11,14,36H,12-13H2,1H3. The third-order valence-electron chi connectivity index (χ3n) is 5.86. The van der Waals surface area contributed by atoms with Crippen LogP contribution in [-0.2, 0) is 5.92 Å². The third kappa shape index (κ3) is 5.25. The number of phenolic OH excluding ortho intramolecular Hbond substituents is 1. The Bertz CT molecular complexity index is 1470. The van der Waals surface area contributed by atoms with Crippen LogP contribution in [0.2, 0.25) is 0 Å². The van der Waals surface area contributed by atoms with Gasteiger partial charge in [0.25, 0.3) is 5.92 Å². The van der Waals surface area contributed by atoms with Crippen LogP contribution in [0, 0.1) is 29.1 Å². The molecule has 0 amide bonds. The molecule has 0 aromatic heterocycles. The van der Waals surface area contributed by atoms with Crippen LogP contribution in [0.25, 0.3) is 22.3 Å². The minimum atomic E-state index is -3.41. The molecule has 0 spiro atoms. The maximum absolute atomic E-state index is 14.7. The quantitative estimate of drug-likeness (QED) is 0.232. The first-order valence-corrected chi connectivity index (χ1v) is 11.1. The molecule has 10 heteroatoms. The van der Waals surface area contributed by atoms with Gasteiger partial charge in [0.15, 0.2) is 34.7 Å². The molecule has 0 saturated heterocycles. The van der Waals surface area contributed by atoms with Crippen molar-refractivity contribution in [1.29, 1.82) is 0 Å². The van der Waals surface area contributed by atoms with E-state index < -0.39 is 59.3 Å². The molecule has 0 aliphatic rings. The van der Waals surface area contributed by atoms with Crippen LogP contribution in [0.3, 0.4) is 0 Å². The fraction of sp³-hybridized carbons (Fsp3) is 0.143. The highest BCUT2D eigenvalue weighted by molar-refractivity contribution is 5.67. The smallest absolute Gasteiger partial charge is 0.276 e. The molecule has 0 fully saturated rings. The van der Waals surface area contributed by atoms with Crippen LogP contribution < -0.4 is 9.47 Å². The summed E-state index contributed by atoms with van der Waals surface area (Å²) in [5.74, 6) is -11.2. The maximum atomic E-state index is 14.7. The van der Waals surface area contributed by atoms with Crippen molar-refractivity contribution in [3.63, 3.8) is 0 Å². The van der Waals surface area contributed by atoms with Gasteiger partial charge in [-0.15, -0.1) is 0 Å². The van der Waals surface area contributed by atoms with E-state index in [2.05, 4.69) is 0 Å². The molecule has 0 bridgehead atoms. The van der Waals surface area contributed by atoms with E-state index in [0.717, 1.165) is 36.4 Å². The largest absolute Gasteiger partial charge is 0.505 e. The van der Waals surface area contributed by atoms with E-state index in [1.54, 1.807) is 0 Å². The Kier molecular flexibility index (Phi) is 7.52. The van der Waals surface area contributed by atoms with Gasteiger partial charge in [0, 0.05) is 23.1 Å². The monoisotopic (exact) mass is 536 g/mol. The fourth-order valence-corrected chi connectivity index (χ4v) is 3.79. The Labute approximate surface area is 212 Å². The number of methoxy groups -OCH3 is 1. The highest BCUT2D eigenvalue weighted by Crippen LogP contribution is 2.36. The molecule has 0 aliphatic carbocycles. The van der Waals surface area contributed by atoms with Gasteiger partial charge >= 0.3 is 0 Å². The van der Waals surface area contributed by atoms with Gasteiger partial charge in [-0.25, -0.2) is 22.0 Å². The van der Waals surface area contributed by atoms with Gasteiger partial charge in [0.2, 0.25) is 11.6 Å². The summed E-state index contributed by atoms with van der Waals surface area (Å²) < 4.78 is 110. The highest BCUT2D eigenvalue weighted by Gasteiger charge is 2.31. The summed E-state index contributed by atoms with van der Waals surface area (Å²) >= 11 is 0. The van der Waals surface area contributed by atoms with Crippen molar-refractivity contribution >= 4 is 0 Å². The van der Waals surface area contributed by atoms with Crippen LogP contribution >= 0.6 is 0 Å². The lowest BCUT2D eigenvalue weighted by Gasteiger charge is -2.18. The van der Waals surface area contributed by atoms with Crippen LogP contribution in [0.4, 0.5) is 30.7 Å². The minimum absolute atomic E-state index is 0.00395. The number of benzene rings is 4. The second kappa shape index (κ2) is 10.6. The molecule has 0 saturated carbocycles. The summed E-state index contributed by atoms with van der Waals surface area (Å²) in [7, 11) is 1.17. The van der Waals surface area contributed by atoms with Gasteiger partial charge in [0.1, 0.15) is 0 Å². The van der Waals surface area contributed by atoms with Crippen molar-refractivity contribution in [2.45, 2.75) is 12.3 Å². The average molecular weight is 536 g/mol. The molecule has 3 nitrogen and oxygen atoms in total. The average Bonchev–Trinajstić information content (AvgIpc) is 2.90. The van der Waals surface area contributed by atoms with E-state index in [1.165, 1.54) is 37.4 Å². The molecule has 0 radical (unpaired) electrons. The molecule has 0 heterocycles. The van der Waals surface area contributed by atoms with E-state index in [1.807, 2.05) is 0 Å².